The Kier molecular flexibility index (Phi) is 8.13. The van der Waals surface area contributed by atoms with Crippen molar-refractivity contribution in [1.29, 1.82) is 0 Å². The number of pyridine rings is 1. The van der Waals surface area contributed by atoms with Gasteiger partial charge in [-0.3, -0.25) is 14.6 Å². The first-order valence-corrected chi connectivity index (χ1v) is 13.3. The van der Waals surface area contributed by atoms with E-state index >= 15 is 0 Å². The van der Waals surface area contributed by atoms with E-state index in [9.17, 15) is 14.7 Å². The third-order valence-corrected chi connectivity index (χ3v) is 8.99. The number of carbonyl (C=O) groups is 2. The van der Waals surface area contributed by atoms with Crippen LogP contribution in [0.1, 0.15) is 57.6 Å². The quantitative estimate of drug-likeness (QED) is 0.607. The van der Waals surface area contributed by atoms with Crippen molar-refractivity contribution in [3.63, 3.8) is 0 Å². The summed E-state index contributed by atoms with van der Waals surface area (Å²) in [6, 6.07) is 13.7. The van der Waals surface area contributed by atoms with Gasteiger partial charge in [0.15, 0.2) is 0 Å². The Morgan fingerprint density at radius 1 is 1.14 bits per heavy atom. The number of nitrogens with zero attached hydrogens (tertiary/aromatic N) is 2. The highest BCUT2D eigenvalue weighted by Crippen LogP contribution is 2.55. The molecule has 2 aliphatic carbocycles. The van der Waals surface area contributed by atoms with E-state index in [1.807, 2.05) is 56.4 Å². The average molecular weight is 492 g/mol. The van der Waals surface area contributed by atoms with Crippen LogP contribution in [0, 0.1) is 29.1 Å². The van der Waals surface area contributed by atoms with Gasteiger partial charge in [0.2, 0.25) is 11.8 Å². The first-order valence-electron chi connectivity index (χ1n) is 13.3. The van der Waals surface area contributed by atoms with Crippen LogP contribution in [-0.2, 0) is 22.6 Å². The molecule has 0 unspecified atom stereocenters. The smallest absolute Gasteiger partial charge is 0.225 e. The molecule has 2 aliphatic rings. The summed E-state index contributed by atoms with van der Waals surface area (Å²) in [6.07, 6.45) is 7.05. The van der Waals surface area contributed by atoms with E-state index < -0.39 is 6.10 Å². The van der Waals surface area contributed by atoms with E-state index in [-0.39, 0.29) is 46.9 Å². The number of fused-ring (bicyclic) bond motifs is 1. The van der Waals surface area contributed by atoms with E-state index in [1.165, 1.54) is 0 Å². The molecule has 0 spiro atoms. The molecule has 2 fully saturated rings. The second-order valence-corrected chi connectivity index (χ2v) is 11.5. The molecule has 1 heterocycles. The van der Waals surface area contributed by atoms with Gasteiger partial charge in [-0.2, -0.15) is 0 Å². The molecule has 2 amide bonds. The van der Waals surface area contributed by atoms with Crippen molar-refractivity contribution in [1.82, 2.24) is 15.2 Å². The zero-order valence-electron chi connectivity index (χ0n) is 22.1. The molecular weight excluding hydrogens is 450 g/mol. The summed E-state index contributed by atoms with van der Waals surface area (Å²) in [5.74, 6) is -0.0889. The Morgan fingerprint density at radius 3 is 2.53 bits per heavy atom. The first-order chi connectivity index (χ1) is 17.2. The number of rotatable bonds is 7. The normalized spacial score (nSPS) is 30.6. The van der Waals surface area contributed by atoms with Crippen LogP contribution in [0.2, 0.25) is 0 Å². The molecule has 0 radical (unpaired) electrons. The number of aliphatic hydroxyl groups is 1. The van der Waals surface area contributed by atoms with Crippen LogP contribution < -0.4 is 5.32 Å². The van der Waals surface area contributed by atoms with E-state index in [2.05, 4.69) is 24.1 Å². The number of carbonyl (C=O) groups excluding carboxylic acids is 2. The lowest BCUT2D eigenvalue weighted by Gasteiger charge is -2.56. The number of benzene rings is 1. The topological polar surface area (TPSA) is 82.5 Å². The summed E-state index contributed by atoms with van der Waals surface area (Å²) in [7, 11) is 1.83. The summed E-state index contributed by atoms with van der Waals surface area (Å²) >= 11 is 0. The van der Waals surface area contributed by atoms with Crippen molar-refractivity contribution in [3.8, 4) is 0 Å². The largest absolute Gasteiger partial charge is 0.392 e. The summed E-state index contributed by atoms with van der Waals surface area (Å²) in [5, 5.41) is 15.0. The Bertz CT molecular complexity index is 1030. The molecule has 0 bridgehead atoms. The minimum atomic E-state index is -0.571. The fourth-order valence-electron chi connectivity index (χ4n) is 6.91. The summed E-state index contributed by atoms with van der Waals surface area (Å²) < 4.78 is 0. The predicted octanol–water partition coefficient (Wildman–Crippen LogP) is 4.23. The zero-order chi connectivity index (χ0) is 25.9. The van der Waals surface area contributed by atoms with E-state index in [0.717, 1.165) is 36.8 Å². The van der Waals surface area contributed by atoms with Crippen molar-refractivity contribution in [2.24, 2.45) is 29.1 Å². The standard InChI is InChI=1S/C30H41N3O3/c1-20(29(36)33(4)19-23-11-8-16-31-18-23)24-12-14-30(3)15-13-25(21(2)27(30)28(24)35)32-26(34)17-22-9-6-5-7-10-22/h5-11,16,18,20-21,24-25,27-28,35H,12-15,17,19H2,1-4H3,(H,32,34)/t20-,21+,24-,25-,27+,28-,30-/m0/s1. The number of aliphatic hydroxyl groups excluding tert-OH is 1. The van der Waals surface area contributed by atoms with Crippen LogP contribution in [0.4, 0.5) is 0 Å². The van der Waals surface area contributed by atoms with Crippen molar-refractivity contribution < 1.29 is 14.7 Å². The second-order valence-electron chi connectivity index (χ2n) is 11.5. The molecule has 1 aromatic carbocycles. The summed E-state index contributed by atoms with van der Waals surface area (Å²) in [4.78, 5) is 32.0. The van der Waals surface area contributed by atoms with E-state index in [4.69, 9.17) is 0 Å². The zero-order valence-corrected chi connectivity index (χ0v) is 22.1. The molecule has 2 N–H and O–H groups in total. The van der Waals surface area contributed by atoms with Gasteiger partial charge in [-0.1, -0.05) is 57.2 Å². The van der Waals surface area contributed by atoms with Crippen LogP contribution in [0.3, 0.4) is 0 Å². The van der Waals surface area contributed by atoms with Gasteiger partial charge in [-0.05, 0) is 66.0 Å². The molecule has 0 aliphatic heterocycles. The minimum Gasteiger partial charge on any atom is -0.392 e. The average Bonchev–Trinajstić information content (AvgIpc) is 2.86. The molecule has 2 saturated carbocycles. The Balaban J connectivity index is 1.42. The summed E-state index contributed by atoms with van der Waals surface area (Å²) in [5.41, 5.74) is 2.02. The molecule has 1 aromatic heterocycles. The van der Waals surface area contributed by atoms with Crippen molar-refractivity contribution in [3.05, 3.63) is 66.0 Å². The minimum absolute atomic E-state index is 0.0281. The molecule has 36 heavy (non-hydrogen) atoms. The van der Waals surface area contributed by atoms with Gasteiger partial charge in [-0.25, -0.2) is 0 Å². The van der Waals surface area contributed by atoms with Gasteiger partial charge in [-0.15, -0.1) is 0 Å². The van der Waals surface area contributed by atoms with Gasteiger partial charge in [0.1, 0.15) is 0 Å². The van der Waals surface area contributed by atoms with Crippen LogP contribution in [0.25, 0.3) is 0 Å². The SMILES string of the molecule is C[C@H]1[C@@H]2[C@@H](O)[C@H]([C@H](C)C(=O)N(C)Cc3cccnc3)CC[C@@]2(C)CC[C@@H]1NC(=O)Cc1ccccc1. The molecular formula is C30H41N3O3. The fraction of sp³-hybridized carbons (Fsp3) is 0.567. The monoisotopic (exact) mass is 491 g/mol. The third-order valence-electron chi connectivity index (χ3n) is 8.99. The van der Waals surface area contributed by atoms with Gasteiger partial charge in [0.25, 0.3) is 0 Å². The molecule has 2 aromatic rings. The molecule has 194 valence electrons. The summed E-state index contributed by atoms with van der Waals surface area (Å²) in [6.45, 7) is 6.93. The lowest BCUT2D eigenvalue weighted by molar-refractivity contribution is -0.150. The van der Waals surface area contributed by atoms with Crippen LogP contribution >= 0.6 is 0 Å². The maximum atomic E-state index is 13.3. The van der Waals surface area contributed by atoms with Gasteiger partial charge < -0.3 is 15.3 Å². The molecule has 7 atom stereocenters. The third kappa shape index (κ3) is 5.64. The molecule has 6 heteroatoms. The molecule has 0 saturated heterocycles. The predicted molar refractivity (Wildman–Crippen MR) is 141 cm³/mol. The Morgan fingerprint density at radius 2 is 1.83 bits per heavy atom. The number of amides is 2. The van der Waals surface area contributed by atoms with E-state index in [0.29, 0.717) is 13.0 Å². The molecule has 6 nitrogen and oxygen atoms in total. The first kappa shape index (κ1) is 26.3. The number of hydrogen-bond donors (Lipinski definition) is 2. The second kappa shape index (κ2) is 11.1. The van der Waals surface area contributed by atoms with Crippen molar-refractivity contribution in [2.75, 3.05) is 7.05 Å². The Labute approximate surface area is 215 Å². The Hall–Kier alpha value is -2.73. The number of hydrogen-bond acceptors (Lipinski definition) is 4. The van der Waals surface area contributed by atoms with Gasteiger partial charge >= 0.3 is 0 Å². The highest BCUT2D eigenvalue weighted by molar-refractivity contribution is 5.79. The van der Waals surface area contributed by atoms with Crippen molar-refractivity contribution in [2.45, 2.75) is 71.6 Å². The van der Waals surface area contributed by atoms with Gasteiger partial charge in [0, 0.05) is 37.9 Å². The maximum absolute atomic E-state index is 13.3. The van der Waals surface area contributed by atoms with Crippen LogP contribution in [-0.4, -0.2) is 46.0 Å². The molecule has 4 rings (SSSR count). The van der Waals surface area contributed by atoms with E-state index in [1.54, 1.807) is 17.3 Å². The lowest BCUT2D eigenvalue weighted by atomic mass is 9.51. The van der Waals surface area contributed by atoms with Crippen LogP contribution in [0.15, 0.2) is 54.9 Å². The lowest BCUT2D eigenvalue weighted by Crippen LogP contribution is -2.58. The van der Waals surface area contributed by atoms with Crippen LogP contribution in [0.5, 0.6) is 0 Å². The highest BCUT2D eigenvalue weighted by Gasteiger charge is 2.54. The number of nitrogens with one attached hydrogen (secondary N) is 1. The fourth-order valence-corrected chi connectivity index (χ4v) is 6.91. The van der Waals surface area contributed by atoms with Crippen molar-refractivity contribution >= 4 is 11.8 Å². The number of aromatic nitrogens is 1. The van der Waals surface area contributed by atoms with Gasteiger partial charge in [0.05, 0.1) is 12.5 Å². The highest BCUT2D eigenvalue weighted by atomic mass is 16.3. The maximum Gasteiger partial charge on any atom is 0.225 e.